The van der Waals surface area contributed by atoms with Crippen molar-refractivity contribution in [2.45, 2.75) is 236 Å². The van der Waals surface area contributed by atoms with E-state index in [1.165, 1.54) is 70.6 Å². The number of aliphatic hydroxyl groups is 5. The largest absolute Gasteiger partial charge is 0.472 e. The van der Waals surface area contributed by atoms with Crippen LogP contribution in [0.1, 0.15) is 194 Å². The predicted molar refractivity (Wildman–Crippen MR) is 249 cm³/mol. The van der Waals surface area contributed by atoms with Crippen molar-refractivity contribution >= 4 is 19.8 Å². The maximum absolute atomic E-state index is 12.8. The van der Waals surface area contributed by atoms with Crippen molar-refractivity contribution in [1.29, 1.82) is 0 Å². The third kappa shape index (κ3) is 31.4. The molecule has 63 heavy (non-hydrogen) atoms. The zero-order valence-electron chi connectivity index (χ0n) is 38.9. The summed E-state index contributed by atoms with van der Waals surface area (Å²) in [5.74, 6) is -1.11. The molecule has 0 aliphatic heterocycles. The number of allylic oxidation sites excluding steroid dienone is 8. The second kappa shape index (κ2) is 39.0. The predicted octanol–water partition coefficient (Wildman–Crippen LogP) is 9.95. The molecule has 6 unspecified atom stereocenters. The van der Waals surface area contributed by atoms with E-state index in [1.54, 1.807) is 0 Å². The molecule has 14 heteroatoms. The Bertz CT molecular complexity index is 1290. The van der Waals surface area contributed by atoms with Crippen LogP contribution in [-0.4, -0.2) is 98.3 Å². The average molecular weight is 915 g/mol. The second-order valence-electron chi connectivity index (χ2n) is 16.9. The maximum atomic E-state index is 12.8. The molecule has 0 aromatic rings. The molecule has 0 aromatic heterocycles. The highest BCUT2D eigenvalue weighted by molar-refractivity contribution is 7.47. The number of carbonyl (C=O) groups is 2. The quantitative estimate of drug-likeness (QED) is 0.0147. The minimum Gasteiger partial charge on any atom is -0.462 e. The van der Waals surface area contributed by atoms with Crippen molar-refractivity contribution in [2.75, 3.05) is 13.2 Å². The van der Waals surface area contributed by atoms with Gasteiger partial charge in [0.2, 0.25) is 0 Å². The van der Waals surface area contributed by atoms with Gasteiger partial charge in [-0.15, -0.1) is 0 Å². The third-order valence-corrected chi connectivity index (χ3v) is 12.2. The number of phosphoric ester groups is 1. The van der Waals surface area contributed by atoms with Crippen LogP contribution in [0.3, 0.4) is 0 Å². The summed E-state index contributed by atoms with van der Waals surface area (Å²) < 4.78 is 33.6. The van der Waals surface area contributed by atoms with Gasteiger partial charge in [0.05, 0.1) is 6.61 Å². The topological polar surface area (TPSA) is 210 Å². The highest BCUT2D eigenvalue weighted by atomic mass is 31.2. The van der Waals surface area contributed by atoms with E-state index in [9.17, 15) is 44.6 Å². The van der Waals surface area contributed by atoms with E-state index in [0.29, 0.717) is 12.8 Å². The molecule has 1 saturated carbocycles. The van der Waals surface area contributed by atoms with Crippen LogP contribution in [0.4, 0.5) is 0 Å². The fourth-order valence-corrected chi connectivity index (χ4v) is 8.25. The third-order valence-electron chi connectivity index (χ3n) is 11.2. The summed E-state index contributed by atoms with van der Waals surface area (Å²) >= 11 is 0. The summed E-state index contributed by atoms with van der Waals surface area (Å²) in [5, 5.41) is 50.2. The summed E-state index contributed by atoms with van der Waals surface area (Å²) in [4.78, 5) is 35.8. The van der Waals surface area contributed by atoms with Crippen molar-refractivity contribution in [2.24, 2.45) is 0 Å². The molecule has 0 saturated heterocycles. The molecule has 0 bridgehead atoms. The first-order valence-electron chi connectivity index (χ1n) is 24.4. The zero-order valence-corrected chi connectivity index (χ0v) is 39.8. The molecule has 366 valence electrons. The number of esters is 2. The molecule has 1 fully saturated rings. The number of aliphatic hydroxyl groups excluding tert-OH is 5. The van der Waals surface area contributed by atoms with E-state index in [1.807, 2.05) is 0 Å². The van der Waals surface area contributed by atoms with E-state index in [0.717, 1.165) is 83.5 Å². The van der Waals surface area contributed by atoms with Crippen molar-refractivity contribution < 1.29 is 63.1 Å². The number of phosphoric acid groups is 1. The van der Waals surface area contributed by atoms with Crippen molar-refractivity contribution in [3.63, 3.8) is 0 Å². The molecule has 0 spiro atoms. The lowest BCUT2D eigenvalue weighted by Crippen LogP contribution is -2.64. The van der Waals surface area contributed by atoms with Gasteiger partial charge in [0.1, 0.15) is 43.2 Å². The van der Waals surface area contributed by atoms with Gasteiger partial charge >= 0.3 is 19.8 Å². The lowest BCUT2D eigenvalue weighted by atomic mass is 9.85. The average Bonchev–Trinajstić information content (AvgIpc) is 3.26. The lowest BCUT2D eigenvalue weighted by Gasteiger charge is -2.41. The van der Waals surface area contributed by atoms with Gasteiger partial charge in [-0.2, -0.15) is 0 Å². The number of unbranched alkanes of at least 4 members (excludes halogenated alkanes) is 20. The Kier molecular flexibility index (Phi) is 36.4. The zero-order chi connectivity index (χ0) is 46.4. The molecule has 0 amide bonds. The van der Waals surface area contributed by atoms with Gasteiger partial charge in [0, 0.05) is 12.8 Å². The van der Waals surface area contributed by atoms with Gasteiger partial charge in [0.15, 0.2) is 6.10 Å². The molecule has 1 aliphatic rings. The molecule has 0 aromatic carbocycles. The Labute approximate surface area is 380 Å². The van der Waals surface area contributed by atoms with Crippen molar-refractivity contribution in [3.8, 4) is 0 Å². The van der Waals surface area contributed by atoms with Crippen molar-refractivity contribution in [3.05, 3.63) is 48.6 Å². The van der Waals surface area contributed by atoms with Gasteiger partial charge in [-0.05, 0) is 51.4 Å². The molecule has 0 heterocycles. The Hall–Kier alpha value is -2.19. The fraction of sp³-hybridized carbons (Fsp3) is 0.796. The summed E-state index contributed by atoms with van der Waals surface area (Å²) in [5.41, 5.74) is 0. The molecule has 6 atom stereocenters. The van der Waals surface area contributed by atoms with Gasteiger partial charge in [-0.3, -0.25) is 18.6 Å². The molecule has 1 aliphatic carbocycles. The van der Waals surface area contributed by atoms with Gasteiger partial charge in [-0.25, -0.2) is 4.57 Å². The first kappa shape index (κ1) is 58.8. The van der Waals surface area contributed by atoms with E-state index in [-0.39, 0.29) is 12.8 Å². The number of ether oxygens (including phenoxy) is 2. The Morgan fingerprint density at radius 2 is 0.905 bits per heavy atom. The van der Waals surface area contributed by atoms with Gasteiger partial charge in [-0.1, -0.05) is 178 Å². The fourth-order valence-electron chi connectivity index (χ4n) is 7.28. The monoisotopic (exact) mass is 915 g/mol. The number of hydrogen-bond acceptors (Lipinski definition) is 12. The molecular formula is C49H87O13P. The SMILES string of the molecule is CC/C=C\C/C=C\C/C=C\C/C=C\CCCCCCCCC(=O)OC(COC(=O)CCCCCCCCCCCCCCCCC)COP(=O)(O)OC1C(O)C(O)C(O)C(O)C1O. The minimum absolute atomic E-state index is 0.0807. The Balaban J connectivity index is 2.44. The van der Waals surface area contributed by atoms with Gasteiger partial charge < -0.3 is 39.9 Å². The normalized spacial score (nSPS) is 22.1. The number of carbonyl (C=O) groups excluding carboxylic acids is 2. The molecule has 6 N–H and O–H groups in total. The smallest absolute Gasteiger partial charge is 0.462 e. The van der Waals surface area contributed by atoms with Crippen LogP contribution in [0.2, 0.25) is 0 Å². The first-order valence-corrected chi connectivity index (χ1v) is 25.9. The molecular weight excluding hydrogens is 828 g/mol. The lowest BCUT2D eigenvalue weighted by molar-refractivity contribution is -0.220. The molecule has 13 nitrogen and oxygen atoms in total. The second-order valence-corrected chi connectivity index (χ2v) is 18.3. The first-order chi connectivity index (χ1) is 30.4. The van der Waals surface area contributed by atoms with Crippen molar-refractivity contribution in [1.82, 2.24) is 0 Å². The number of hydrogen-bond donors (Lipinski definition) is 6. The van der Waals surface area contributed by atoms with E-state index in [2.05, 4.69) is 62.5 Å². The van der Waals surface area contributed by atoms with Crippen LogP contribution in [0.5, 0.6) is 0 Å². The molecule has 1 rings (SSSR count). The highest BCUT2D eigenvalue weighted by Gasteiger charge is 2.51. The maximum Gasteiger partial charge on any atom is 0.472 e. The van der Waals surface area contributed by atoms with Crippen LogP contribution < -0.4 is 0 Å². The van der Waals surface area contributed by atoms with E-state index < -0.39 is 75.7 Å². The van der Waals surface area contributed by atoms with Crippen LogP contribution in [-0.2, 0) is 32.7 Å². The molecule has 0 radical (unpaired) electrons. The summed E-state index contributed by atoms with van der Waals surface area (Å²) in [6.07, 6.45) is 33.0. The Morgan fingerprint density at radius 3 is 1.38 bits per heavy atom. The highest BCUT2D eigenvalue weighted by Crippen LogP contribution is 2.47. The minimum atomic E-state index is -5.12. The van der Waals surface area contributed by atoms with Crippen LogP contribution in [0.25, 0.3) is 0 Å². The summed E-state index contributed by atoms with van der Waals surface area (Å²) in [6.45, 7) is 3.19. The van der Waals surface area contributed by atoms with E-state index >= 15 is 0 Å². The summed E-state index contributed by atoms with van der Waals surface area (Å²) in [7, 11) is -5.12. The van der Waals surface area contributed by atoms with Crippen LogP contribution >= 0.6 is 7.82 Å². The van der Waals surface area contributed by atoms with Gasteiger partial charge in [0.25, 0.3) is 0 Å². The number of rotatable bonds is 40. The van der Waals surface area contributed by atoms with Crippen LogP contribution in [0, 0.1) is 0 Å². The van der Waals surface area contributed by atoms with Crippen LogP contribution in [0.15, 0.2) is 48.6 Å². The Morgan fingerprint density at radius 1 is 0.508 bits per heavy atom. The standard InChI is InChI=1S/C49H87O13P/c1-3-5-7-9-11-13-15-17-19-20-21-22-24-26-28-30-32-34-36-38-43(51)61-41(40-60-63(57,58)62-49-47(55)45(53)44(52)46(54)48(49)56)39-59-42(50)37-35-33-31-29-27-25-23-18-16-14-12-10-8-6-4-2/h5,7,11,13,17,19,21-22,41,44-49,52-56H,3-4,6,8-10,12,14-16,18,20,23-40H2,1-2H3,(H,57,58)/b7-5-,13-11-,19-17-,22-21-. The van der Waals surface area contributed by atoms with E-state index in [4.69, 9.17) is 18.5 Å². The summed E-state index contributed by atoms with van der Waals surface area (Å²) in [6, 6.07) is 0.